The van der Waals surface area contributed by atoms with Crippen molar-refractivity contribution in [2.75, 3.05) is 0 Å². The summed E-state index contributed by atoms with van der Waals surface area (Å²) in [6, 6.07) is -1.28. The van der Waals surface area contributed by atoms with Gasteiger partial charge in [0.05, 0.1) is 0 Å². The maximum Gasteiger partial charge on any atom is 0.329 e. The molecule has 0 fully saturated rings. The van der Waals surface area contributed by atoms with E-state index >= 15 is 0 Å². The van der Waals surface area contributed by atoms with Crippen LogP contribution in [-0.2, 0) is 9.59 Å². The quantitative estimate of drug-likeness (QED) is 0.372. The third-order valence-electron chi connectivity index (χ3n) is 1.24. The summed E-state index contributed by atoms with van der Waals surface area (Å²) in [5.41, 5.74) is 0. The molecule has 0 radical (unpaired) electrons. The van der Waals surface area contributed by atoms with E-state index in [2.05, 4.69) is 0 Å². The molecule has 0 bridgehead atoms. The number of aliphatic carboxylic acids is 1. The number of nitrogens with one attached hydrogen (secondary N) is 1. The molecule has 3 N–H and O–H groups in total. The minimum atomic E-state index is -1.28. The molecule has 0 saturated carbocycles. The van der Waals surface area contributed by atoms with Crippen molar-refractivity contribution >= 4 is 12.4 Å². The highest BCUT2D eigenvalue weighted by molar-refractivity contribution is 5.77. The summed E-state index contributed by atoms with van der Waals surface area (Å²) in [4.78, 5) is 20.3. The van der Waals surface area contributed by atoms with Crippen LogP contribution in [0, 0.1) is 0 Å². The van der Waals surface area contributed by atoms with Gasteiger partial charge in [-0.2, -0.15) is 0 Å². The average Bonchev–Trinajstić information content (AvgIpc) is 1.99. The highest BCUT2D eigenvalue weighted by Crippen LogP contribution is 1.95. The summed E-state index contributed by atoms with van der Waals surface area (Å²) in [5, 5.41) is 19.6. The number of hydrogen-bond donors (Lipinski definition) is 3. The van der Waals surface area contributed by atoms with Crippen molar-refractivity contribution in [2.45, 2.75) is 19.1 Å². The normalized spacial score (nSPS) is 15.5. The van der Waals surface area contributed by atoms with Gasteiger partial charge in [-0.3, -0.25) is 4.79 Å². The number of aliphatic hydroxyl groups excluding tert-OH is 1. The van der Waals surface area contributed by atoms with Crippen LogP contribution in [0.15, 0.2) is 12.2 Å². The molecule has 0 spiro atoms. The van der Waals surface area contributed by atoms with E-state index < -0.39 is 18.1 Å². The zero-order valence-corrected chi connectivity index (χ0v) is 6.60. The van der Waals surface area contributed by atoms with Gasteiger partial charge in [0, 0.05) is 0 Å². The van der Waals surface area contributed by atoms with Gasteiger partial charge in [-0.1, -0.05) is 12.2 Å². The predicted octanol–water partition coefficient (Wildman–Crippen LogP) is -0.877. The van der Waals surface area contributed by atoms with Crippen LogP contribution in [0.25, 0.3) is 0 Å². The third-order valence-corrected chi connectivity index (χ3v) is 1.24. The van der Waals surface area contributed by atoms with Gasteiger partial charge in [0.15, 0.2) is 6.04 Å². The highest BCUT2D eigenvalue weighted by atomic mass is 16.4. The molecular formula is C7H11NO4. The second-order valence-corrected chi connectivity index (χ2v) is 2.12. The number of aliphatic hydroxyl groups is 1. The van der Waals surface area contributed by atoms with Crippen molar-refractivity contribution in [2.24, 2.45) is 0 Å². The Hall–Kier alpha value is -1.36. The fourth-order valence-corrected chi connectivity index (χ4v) is 0.698. The molecule has 0 heterocycles. The highest BCUT2D eigenvalue weighted by Gasteiger charge is 2.23. The smallest absolute Gasteiger partial charge is 0.329 e. The molecule has 2 atom stereocenters. The van der Waals surface area contributed by atoms with E-state index in [-0.39, 0.29) is 6.41 Å². The minimum absolute atomic E-state index is 0.242. The van der Waals surface area contributed by atoms with Crippen LogP contribution in [0.4, 0.5) is 0 Å². The lowest BCUT2D eigenvalue weighted by atomic mass is 10.1. The van der Waals surface area contributed by atoms with Gasteiger partial charge in [-0.15, -0.1) is 0 Å². The molecule has 0 aliphatic heterocycles. The molecule has 1 amide bonds. The van der Waals surface area contributed by atoms with E-state index in [9.17, 15) is 9.59 Å². The molecule has 0 aliphatic rings. The Morgan fingerprint density at radius 2 is 2.17 bits per heavy atom. The molecule has 0 aromatic heterocycles. The van der Waals surface area contributed by atoms with Crippen molar-refractivity contribution in [1.82, 2.24) is 5.32 Å². The fraction of sp³-hybridized carbons (Fsp3) is 0.429. The lowest BCUT2D eigenvalue weighted by Gasteiger charge is -2.14. The Balaban J connectivity index is 4.27. The molecule has 0 rings (SSSR count). The van der Waals surface area contributed by atoms with Gasteiger partial charge >= 0.3 is 5.97 Å². The van der Waals surface area contributed by atoms with Gasteiger partial charge in [-0.05, 0) is 6.92 Å². The summed E-state index contributed by atoms with van der Waals surface area (Å²) in [5.74, 6) is -1.27. The standard InChI is InChI=1S/C7H11NO4/c1-2-3-5(10)6(7(11)12)8-4-9/h2-6,10H,1H3,(H,8,9)(H,11,12)/b3-2+. The molecule has 5 heteroatoms. The first-order valence-electron chi connectivity index (χ1n) is 3.37. The molecule has 0 saturated heterocycles. The lowest BCUT2D eigenvalue weighted by molar-refractivity contribution is -0.142. The number of carboxylic acids is 1. The van der Waals surface area contributed by atoms with Crippen molar-refractivity contribution < 1.29 is 19.8 Å². The zero-order chi connectivity index (χ0) is 9.56. The maximum absolute atomic E-state index is 10.4. The monoisotopic (exact) mass is 173 g/mol. The van der Waals surface area contributed by atoms with E-state index in [1.54, 1.807) is 6.92 Å². The van der Waals surface area contributed by atoms with Gasteiger partial charge in [0.1, 0.15) is 6.10 Å². The van der Waals surface area contributed by atoms with E-state index in [4.69, 9.17) is 10.2 Å². The van der Waals surface area contributed by atoms with Crippen LogP contribution in [-0.4, -0.2) is 34.7 Å². The number of carboxylic acid groups (broad SMARTS) is 1. The molecule has 0 aromatic carbocycles. The Morgan fingerprint density at radius 1 is 1.58 bits per heavy atom. The van der Waals surface area contributed by atoms with Gasteiger partial charge in [0.25, 0.3) is 0 Å². The number of rotatable bonds is 5. The lowest BCUT2D eigenvalue weighted by Crippen LogP contribution is -2.44. The number of amides is 1. The Kier molecular flexibility index (Phi) is 4.71. The number of carbonyl (C=O) groups excluding carboxylic acids is 1. The molecule has 2 unspecified atom stereocenters. The fourth-order valence-electron chi connectivity index (χ4n) is 0.698. The Morgan fingerprint density at radius 3 is 2.50 bits per heavy atom. The van der Waals surface area contributed by atoms with Crippen LogP contribution < -0.4 is 5.32 Å². The third kappa shape index (κ3) is 3.16. The van der Waals surface area contributed by atoms with E-state index in [1.807, 2.05) is 5.32 Å². The number of carbonyl (C=O) groups is 2. The maximum atomic E-state index is 10.4. The minimum Gasteiger partial charge on any atom is -0.480 e. The topological polar surface area (TPSA) is 86.6 Å². The summed E-state index contributed by atoms with van der Waals surface area (Å²) in [7, 11) is 0. The molecule has 0 aliphatic carbocycles. The van der Waals surface area contributed by atoms with Crippen molar-refractivity contribution in [3.05, 3.63) is 12.2 Å². The summed E-state index contributed by atoms with van der Waals surface area (Å²) >= 11 is 0. The van der Waals surface area contributed by atoms with Crippen molar-refractivity contribution in [3.63, 3.8) is 0 Å². The Bertz CT molecular complexity index is 190. The molecule has 5 nitrogen and oxygen atoms in total. The van der Waals surface area contributed by atoms with Gasteiger partial charge in [0.2, 0.25) is 6.41 Å². The first-order chi connectivity index (χ1) is 5.63. The second-order valence-electron chi connectivity index (χ2n) is 2.12. The van der Waals surface area contributed by atoms with E-state index in [1.165, 1.54) is 12.2 Å². The van der Waals surface area contributed by atoms with Gasteiger partial charge < -0.3 is 15.5 Å². The van der Waals surface area contributed by atoms with Crippen LogP contribution in [0.2, 0.25) is 0 Å². The summed E-state index contributed by atoms with van der Waals surface area (Å²) in [6.45, 7) is 1.64. The van der Waals surface area contributed by atoms with Crippen molar-refractivity contribution in [1.29, 1.82) is 0 Å². The predicted molar refractivity (Wildman–Crippen MR) is 41.4 cm³/mol. The number of hydrogen-bond acceptors (Lipinski definition) is 3. The SMILES string of the molecule is C/C=C/C(O)C(NC=O)C(=O)O. The van der Waals surface area contributed by atoms with Crippen LogP contribution in [0.1, 0.15) is 6.92 Å². The second kappa shape index (κ2) is 5.31. The first-order valence-corrected chi connectivity index (χ1v) is 3.37. The molecule has 0 aromatic rings. The molecular weight excluding hydrogens is 162 g/mol. The van der Waals surface area contributed by atoms with Gasteiger partial charge in [-0.25, -0.2) is 4.79 Å². The molecule has 12 heavy (non-hydrogen) atoms. The first kappa shape index (κ1) is 10.6. The van der Waals surface area contributed by atoms with Crippen LogP contribution in [0.3, 0.4) is 0 Å². The molecule has 68 valence electrons. The summed E-state index contributed by atoms with van der Waals surface area (Å²) < 4.78 is 0. The average molecular weight is 173 g/mol. The zero-order valence-electron chi connectivity index (χ0n) is 6.60. The van der Waals surface area contributed by atoms with E-state index in [0.717, 1.165) is 0 Å². The van der Waals surface area contributed by atoms with Crippen molar-refractivity contribution in [3.8, 4) is 0 Å². The van der Waals surface area contributed by atoms with Crippen LogP contribution in [0.5, 0.6) is 0 Å². The summed E-state index contributed by atoms with van der Waals surface area (Å²) in [6.07, 6.45) is 1.84. The number of allylic oxidation sites excluding steroid dienone is 1. The van der Waals surface area contributed by atoms with Crippen LogP contribution >= 0.6 is 0 Å². The Labute approximate surface area is 69.7 Å². The van der Waals surface area contributed by atoms with E-state index in [0.29, 0.717) is 0 Å². The largest absolute Gasteiger partial charge is 0.480 e.